The minimum absolute atomic E-state index is 0. The molecule has 0 radical (unpaired) electrons. The molecule has 0 aliphatic heterocycles. The van der Waals surface area contributed by atoms with Crippen molar-refractivity contribution in [2.24, 2.45) is 5.41 Å². The molecule has 2 aliphatic rings. The van der Waals surface area contributed by atoms with E-state index < -0.39 is 22.8 Å². The number of allylic oxidation sites excluding steroid dienone is 6. The van der Waals surface area contributed by atoms with Gasteiger partial charge >= 0.3 is 146 Å². The van der Waals surface area contributed by atoms with Crippen LogP contribution in [0.4, 0.5) is 0 Å². The van der Waals surface area contributed by atoms with Gasteiger partial charge in [0.05, 0.1) is 0 Å². The Morgan fingerprint density at radius 3 is 2.29 bits per heavy atom. The minimum atomic E-state index is -0.586. The third-order valence-corrected chi connectivity index (χ3v) is 8.00. The number of fused-ring (bicyclic) bond motifs is 1. The van der Waals surface area contributed by atoms with Gasteiger partial charge in [0.15, 0.2) is 0 Å². The van der Waals surface area contributed by atoms with E-state index in [1.54, 1.807) is 25.5 Å². The molecule has 1 atom stereocenters. The van der Waals surface area contributed by atoms with Crippen LogP contribution in [0.5, 0.6) is 0 Å². The zero-order valence-electron chi connectivity index (χ0n) is 15.1. The Kier molecular flexibility index (Phi) is 7.67. The summed E-state index contributed by atoms with van der Waals surface area (Å²) >= 11 is -0.586. The van der Waals surface area contributed by atoms with Crippen LogP contribution < -0.4 is 24.8 Å². The van der Waals surface area contributed by atoms with Crippen molar-refractivity contribution in [3.05, 3.63) is 64.8 Å². The van der Waals surface area contributed by atoms with E-state index in [4.69, 9.17) is 0 Å². The van der Waals surface area contributed by atoms with Crippen LogP contribution in [0.2, 0.25) is 0 Å². The molecule has 1 aromatic carbocycles. The molecule has 0 heterocycles. The van der Waals surface area contributed by atoms with Gasteiger partial charge in [-0.1, -0.05) is 0 Å². The largest absolute Gasteiger partial charge is 1.00 e. The Labute approximate surface area is 170 Å². The van der Waals surface area contributed by atoms with Gasteiger partial charge in [0, 0.05) is 0 Å². The fourth-order valence-corrected chi connectivity index (χ4v) is 7.25. The monoisotopic (exact) mass is 437 g/mol. The van der Waals surface area contributed by atoms with Gasteiger partial charge in [-0.05, 0) is 0 Å². The van der Waals surface area contributed by atoms with E-state index in [9.17, 15) is 0 Å². The molecule has 0 amide bonds. The van der Waals surface area contributed by atoms with Crippen LogP contribution in [0.3, 0.4) is 0 Å². The van der Waals surface area contributed by atoms with Crippen LogP contribution in [0.1, 0.15) is 55.8 Å². The Morgan fingerprint density at radius 1 is 1.08 bits per heavy atom. The quantitative estimate of drug-likeness (QED) is 0.595. The molecule has 127 valence electrons. The number of halogens is 2. The first-order valence-electron chi connectivity index (χ1n) is 8.16. The van der Waals surface area contributed by atoms with Crippen molar-refractivity contribution in [2.45, 2.75) is 44.7 Å². The molecule has 0 saturated carbocycles. The van der Waals surface area contributed by atoms with Gasteiger partial charge in [-0.25, -0.2) is 0 Å². The molecule has 0 bridgehead atoms. The zero-order chi connectivity index (χ0) is 15.9. The minimum Gasteiger partial charge on any atom is -1.00 e. The molecule has 0 aromatic heterocycles. The van der Waals surface area contributed by atoms with Crippen molar-refractivity contribution in [2.75, 3.05) is 0 Å². The summed E-state index contributed by atoms with van der Waals surface area (Å²) in [5.74, 6) is 0. The van der Waals surface area contributed by atoms with E-state index in [1.807, 2.05) is 0 Å². The molecule has 3 rings (SSSR count). The first kappa shape index (κ1) is 21.8. The summed E-state index contributed by atoms with van der Waals surface area (Å²) in [7, 11) is 0. The molecule has 0 fully saturated rings. The summed E-state index contributed by atoms with van der Waals surface area (Å²) in [6.07, 6.45) is 8.00. The Morgan fingerprint density at radius 2 is 1.75 bits per heavy atom. The second kappa shape index (κ2) is 8.44. The zero-order valence-corrected chi connectivity index (χ0v) is 19.1. The van der Waals surface area contributed by atoms with E-state index in [0.717, 1.165) is 6.42 Å². The van der Waals surface area contributed by atoms with Crippen molar-refractivity contribution in [3.8, 4) is 0 Å². The van der Waals surface area contributed by atoms with Crippen LogP contribution in [-0.4, -0.2) is 3.21 Å². The first-order chi connectivity index (χ1) is 10.4. The summed E-state index contributed by atoms with van der Waals surface area (Å²) in [5.41, 5.74) is 8.16. The fourth-order valence-electron chi connectivity index (χ4n) is 3.66. The number of hydrogen-bond acceptors (Lipinski definition) is 0. The fraction of sp³-hybridized carbons (Fsp3) is 0.381. The predicted octanol–water partition coefficient (Wildman–Crippen LogP) is -0.270. The normalized spacial score (nSPS) is 18.4. The summed E-state index contributed by atoms with van der Waals surface area (Å²) in [4.78, 5) is 0. The van der Waals surface area contributed by atoms with E-state index in [1.165, 1.54) is 5.56 Å². The smallest absolute Gasteiger partial charge is 1.00 e. The molecule has 0 saturated heterocycles. The molecule has 24 heavy (non-hydrogen) atoms. The standard InChI is InChI=1S/C18H19.C3H6.2ClH.Zr/c1-18(2,3)17-15-11-7-6-10-14(15)12-16(17)13-8-4-5-9-13;1-3-2;;;/h4-8,10-12H,9H2,1-3H3;1-2H3;2*1H;/q;;;;+2/p-2. The second-order valence-corrected chi connectivity index (χ2v) is 12.1. The Hall–Kier alpha value is -0.227. The van der Waals surface area contributed by atoms with E-state index >= 15 is 0 Å². The third-order valence-electron chi connectivity index (χ3n) is 4.40. The van der Waals surface area contributed by atoms with E-state index in [2.05, 4.69) is 77.1 Å². The molecule has 1 aromatic rings. The van der Waals surface area contributed by atoms with Crippen LogP contribution in [0.25, 0.3) is 5.57 Å². The van der Waals surface area contributed by atoms with Gasteiger partial charge in [-0.3, -0.25) is 0 Å². The van der Waals surface area contributed by atoms with Gasteiger partial charge in [0.25, 0.3) is 0 Å². The van der Waals surface area contributed by atoms with Gasteiger partial charge in [0.2, 0.25) is 0 Å². The SMILES string of the molecule is C[C](C)=[Zr+2][CH]1C(C2=CC=CC2)=C(C(C)(C)C)c2ccccc21.[Cl-].[Cl-]. The maximum absolute atomic E-state index is 2.38. The van der Waals surface area contributed by atoms with Gasteiger partial charge in [0.1, 0.15) is 0 Å². The topological polar surface area (TPSA) is 0 Å². The molecule has 0 spiro atoms. The van der Waals surface area contributed by atoms with Crippen molar-refractivity contribution < 1.29 is 47.6 Å². The predicted molar refractivity (Wildman–Crippen MR) is 93.8 cm³/mol. The molecule has 0 N–H and O–H groups in total. The van der Waals surface area contributed by atoms with Crippen LogP contribution in [0.15, 0.2) is 53.6 Å². The average Bonchev–Trinajstić information content (AvgIpc) is 3.03. The Bertz CT molecular complexity index is 726. The van der Waals surface area contributed by atoms with Crippen molar-refractivity contribution in [1.82, 2.24) is 0 Å². The first-order valence-corrected chi connectivity index (χ1v) is 10.8. The molecule has 3 heteroatoms. The summed E-state index contributed by atoms with van der Waals surface area (Å²) < 4.78 is 2.38. The maximum atomic E-state index is 2.38. The second-order valence-electron chi connectivity index (χ2n) is 7.53. The molecular weight excluding hydrogens is 414 g/mol. The maximum Gasteiger partial charge on any atom is -1.00 e. The number of benzene rings is 1. The molecular formula is C21H25Cl2Zr. The van der Waals surface area contributed by atoms with Crippen molar-refractivity contribution >= 4 is 8.78 Å². The third kappa shape index (κ3) is 4.12. The number of rotatable bonds is 2. The summed E-state index contributed by atoms with van der Waals surface area (Å²) in [6, 6.07) is 9.16. The number of hydrogen-bond donors (Lipinski definition) is 0. The van der Waals surface area contributed by atoms with Crippen LogP contribution in [0, 0.1) is 5.41 Å². The molecule has 1 unspecified atom stereocenters. The van der Waals surface area contributed by atoms with E-state index in [-0.39, 0.29) is 30.2 Å². The van der Waals surface area contributed by atoms with E-state index in [0.29, 0.717) is 3.63 Å². The van der Waals surface area contributed by atoms with Crippen molar-refractivity contribution in [1.29, 1.82) is 0 Å². The van der Waals surface area contributed by atoms with Gasteiger partial charge in [-0.15, -0.1) is 0 Å². The van der Waals surface area contributed by atoms with Crippen molar-refractivity contribution in [3.63, 3.8) is 0 Å². The molecule has 2 aliphatic carbocycles. The van der Waals surface area contributed by atoms with Crippen LogP contribution in [-0.2, 0) is 22.8 Å². The summed E-state index contributed by atoms with van der Waals surface area (Å²) in [6.45, 7) is 11.8. The van der Waals surface area contributed by atoms with Crippen LogP contribution >= 0.6 is 0 Å². The van der Waals surface area contributed by atoms with Gasteiger partial charge in [-0.2, -0.15) is 0 Å². The van der Waals surface area contributed by atoms with Gasteiger partial charge < -0.3 is 24.8 Å². The summed E-state index contributed by atoms with van der Waals surface area (Å²) in [5, 5.41) is 0. The molecule has 0 nitrogen and oxygen atoms in total. The average molecular weight is 440 g/mol. The Balaban J connectivity index is 0.00000144.